The molecule has 0 aromatic rings. The summed E-state index contributed by atoms with van der Waals surface area (Å²) >= 11 is 0. The summed E-state index contributed by atoms with van der Waals surface area (Å²) < 4.78 is 14.2. The molecule has 0 N–H and O–H groups in total. The molecule has 5 heteroatoms. The van der Waals surface area contributed by atoms with E-state index in [9.17, 15) is 4.79 Å². The van der Waals surface area contributed by atoms with E-state index in [1.54, 1.807) is 0 Å². The number of Topliss-reactive ketones (excluding diaryl/α,β-unsaturated/α-hetero) is 1. The molecule has 2 aliphatic rings. The summed E-state index contributed by atoms with van der Waals surface area (Å²) in [6.07, 6.45) is 7.69. The van der Waals surface area contributed by atoms with Crippen LogP contribution in [0.5, 0.6) is 0 Å². The maximum absolute atomic E-state index is 12.7. The van der Waals surface area contributed by atoms with E-state index in [4.69, 9.17) is 8.85 Å². The molecule has 0 aliphatic heterocycles. The van der Waals surface area contributed by atoms with Crippen molar-refractivity contribution in [3.63, 3.8) is 0 Å². The lowest BCUT2D eigenvalue weighted by Crippen LogP contribution is -2.56. The Kier molecular flexibility index (Phi) is 9.19. The second kappa shape index (κ2) is 10.3. The first-order valence-corrected chi connectivity index (χ1v) is 20.3. The molecule has 0 saturated heterocycles. The van der Waals surface area contributed by atoms with Crippen molar-refractivity contribution < 1.29 is 13.6 Å². The van der Waals surface area contributed by atoms with Gasteiger partial charge in [0.15, 0.2) is 16.6 Å². The van der Waals surface area contributed by atoms with E-state index in [1.165, 1.54) is 12.8 Å². The molecule has 2 saturated carbocycles. The van der Waals surface area contributed by atoms with Gasteiger partial charge in [-0.1, -0.05) is 55.4 Å². The average molecular weight is 525 g/mol. The Morgan fingerprint density at radius 3 is 1.97 bits per heavy atom. The molecular weight excluding hydrogens is 464 g/mol. The fourth-order valence-corrected chi connectivity index (χ4v) is 9.70. The number of fused-ring (bicyclic) bond motifs is 1. The lowest BCUT2D eigenvalue weighted by atomic mass is 9.62. The van der Waals surface area contributed by atoms with E-state index in [1.807, 2.05) is 0 Å². The molecule has 0 aromatic heterocycles. The molecule has 2 fully saturated rings. The third-order valence-electron chi connectivity index (χ3n) is 10.9. The van der Waals surface area contributed by atoms with Crippen molar-refractivity contribution in [1.82, 2.24) is 0 Å². The highest BCUT2D eigenvalue weighted by Crippen LogP contribution is 2.57. The number of carbonyl (C=O) groups excluding carboxylic acids is 1. The minimum Gasteiger partial charge on any atom is -0.411 e. The lowest BCUT2D eigenvalue weighted by molar-refractivity contribution is -0.130. The van der Waals surface area contributed by atoms with E-state index in [0.29, 0.717) is 23.5 Å². The third-order valence-corrected chi connectivity index (χ3v) is 20.0. The summed E-state index contributed by atoms with van der Waals surface area (Å²) in [5.41, 5.74) is -0.126. The number of hydrogen-bond donors (Lipinski definition) is 0. The van der Waals surface area contributed by atoms with E-state index >= 15 is 0 Å². The van der Waals surface area contributed by atoms with Gasteiger partial charge in [0, 0.05) is 12.3 Å². The molecule has 0 bridgehead atoms. The Hall–Kier alpha value is 0.0238. The Bertz CT molecular complexity index is 744. The largest absolute Gasteiger partial charge is 0.411 e. The van der Waals surface area contributed by atoms with Crippen LogP contribution in [-0.4, -0.2) is 34.1 Å². The van der Waals surface area contributed by atoms with Crippen molar-refractivity contribution in [3.05, 3.63) is 0 Å². The Labute approximate surface area is 221 Å². The molecule has 1 unspecified atom stereocenters. The van der Waals surface area contributed by atoms with Crippen LogP contribution in [0.25, 0.3) is 0 Å². The highest BCUT2D eigenvalue weighted by molar-refractivity contribution is 6.74. The molecule has 3 nitrogen and oxygen atoms in total. The van der Waals surface area contributed by atoms with Crippen LogP contribution in [0.1, 0.15) is 114 Å². The molecule has 0 aromatic carbocycles. The summed E-state index contributed by atoms with van der Waals surface area (Å²) in [6, 6.07) is 0. The van der Waals surface area contributed by atoms with Gasteiger partial charge in [-0.15, -0.1) is 0 Å². The van der Waals surface area contributed by atoms with E-state index < -0.39 is 16.6 Å². The average Bonchev–Trinajstić information content (AvgIpc) is 3.00. The fourth-order valence-electron chi connectivity index (χ4n) is 6.48. The van der Waals surface area contributed by atoms with Crippen LogP contribution in [-0.2, 0) is 13.6 Å². The molecule has 0 spiro atoms. The van der Waals surface area contributed by atoms with Crippen molar-refractivity contribution in [2.24, 2.45) is 23.2 Å². The molecule has 206 valence electrons. The van der Waals surface area contributed by atoms with Crippen molar-refractivity contribution in [1.29, 1.82) is 0 Å². The standard InChI is InChI=1S/C30H60O3Si2/c1-22(23-18-19-24-25(31)16-15-21-30(23,24)10)17-20-26(32-34(11,12)27(2,3)4)29(8,9)33-35(13,14)28(5,6)7/h22-24,26H,15-21H2,1-14H3/t22-,23-,24?,26-,30-/m1/s1. The van der Waals surface area contributed by atoms with Gasteiger partial charge in [-0.2, -0.15) is 0 Å². The minimum atomic E-state index is -1.96. The van der Waals surface area contributed by atoms with Gasteiger partial charge in [0.05, 0.1) is 11.7 Å². The number of hydrogen-bond acceptors (Lipinski definition) is 3. The highest BCUT2D eigenvalue weighted by Gasteiger charge is 2.53. The molecule has 35 heavy (non-hydrogen) atoms. The molecule has 2 aliphatic carbocycles. The Balaban J connectivity index is 2.25. The minimum absolute atomic E-state index is 0.0814. The summed E-state index contributed by atoms with van der Waals surface area (Å²) in [4.78, 5) is 12.7. The van der Waals surface area contributed by atoms with Gasteiger partial charge >= 0.3 is 0 Å². The predicted molar refractivity (Wildman–Crippen MR) is 156 cm³/mol. The summed E-state index contributed by atoms with van der Waals surface area (Å²) in [5.74, 6) is 2.10. The van der Waals surface area contributed by atoms with Gasteiger partial charge < -0.3 is 8.85 Å². The monoisotopic (exact) mass is 524 g/mol. The van der Waals surface area contributed by atoms with E-state index in [2.05, 4.69) is 95.4 Å². The predicted octanol–water partition coefficient (Wildman–Crippen LogP) is 9.38. The summed E-state index contributed by atoms with van der Waals surface area (Å²) in [6.45, 7) is 32.9. The number of carbonyl (C=O) groups is 1. The normalized spacial score (nSPS) is 28.7. The second-order valence-corrected chi connectivity index (χ2v) is 25.4. The fraction of sp³-hybridized carbons (Fsp3) is 0.967. The first kappa shape index (κ1) is 31.2. The highest BCUT2D eigenvalue weighted by atomic mass is 28.4. The first-order valence-electron chi connectivity index (χ1n) is 14.5. The molecule has 5 atom stereocenters. The van der Waals surface area contributed by atoms with Gasteiger partial charge in [0.2, 0.25) is 0 Å². The van der Waals surface area contributed by atoms with Crippen LogP contribution in [0.3, 0.4) is 0 Å². The third kappa shape index (κ3) is 6.73. The molecule has 0 radical (unpaired) electrons. The van der Waals surface area contributed by atoms with Crippen molar-refractivity contribution in [3.8, 4) is 0 Å². The van der Waals surface area contributed by atoms with Gasteiger partial charge in [0.25, 0.3) is 0 Å². The zero-order valence-electron chi connectivity index (χ0n) is 26.0. The Morgan fingerprint density at radius 1 is 0.914 bits per heavy atom. The van der Waals surface area contributed by atoms with Gasteiger partial charge in [-0.05, 0) is 106 Å². The maximum Gasteiger partial charge on any atom is 0.192 e. The molecular formula is C30H60O3Si2. The summed E-state index contributed by atoms with van der Waals surface area (Å²) in [5, 5.41) is 0.332. The van der Waals surface area contributed by atoms with Crippen LogP contribution in [0, 0.1) is 23.2 Å². The number of rotatable bonds is 9. The zero-order chi connectivity index (χ0) is 27.3. The maximum atomic E-state index is 12.7. The van der Waals surface area contributed by atoms with Crippen LogP contribution in [0.15, 0.2) is 0 Å². The van der Waals surface area contributed by atoms with Gasteiger partial charge in [0.1, 0.15) is 5.78 Å². The lowest BCUT2D eigenvalue weighted by Gasteiger charge is -2.49. The Morgan fingerprint density at radius 2 is 1.46 bits per heavy atom. The topological polar surface area (TPSA) is 35.5 Å². The SMILES string of the molecule is C[C@H](CC[C@@H](O[Si](C)(C)C(C)(C)C)C(C)(C)O[Si](C)(C)C(C)(C)C)[C@H]1CCC2C(=O)CCC[C@@]21C. The molecule has 0 amide bonds. The quantitative estimate of drug-likeness (QED) is 0.282. The van der Waals surface area contributed by atoms with Crippen molar-refractivity contribution in [2.45, 2.75) is 162 Å². The van der Waals surface area contributed by atoms with E-state index in [0.717, 1.165) is 32.1 Å². The van der Waals surface area contributed by atoms with Crippen molar-refractivity contribution in [2.75, 3.05) is 0 Å². The van der Waals surface area contributed by atoms with Crippen LogP contribution in [0.2, 0.25) is 36.3 Å². The zero-order valence-corrected chi connectivity index (χ0v) is 28.0. The van der Waals surface area contributed by atoms with Crippen LogP contribution in [0.4, 0.5) is 0 Å². The molecule has 2 rings (SSSR count). The van der Waals surface area contributed by atoms with Crippen LogP contribution < -0.4 is 0 Å². The molecule has 0 heterocycles. The van der Waals surface area contributed by atoms with Crippen molar-refractivity contribution >= 4 is 22.4 Å². The first-order chi connectivity index (χ1) is 15.6. The van der Waals surface area contributed by atoms with Crippen LogP contribution >= 0.6 is 0 Å². The number of ketones is 1. The van der Waals surface area contributed by atoms with Gasteiger partial charge in [-0.3, -0.25) is 4.79 Å². The summed E-state index contributed by atoms with van der Waals surface area (Å²) in [7, 11) is -3.91. The second-order valence-electron chi connectivity index (χ2n) is 15.9. The smallest absolute Gasteiger partial charge is 0.192 e. The van der Waals surface area contributed by atoms with E-state index in [-0.39, 0.29) is 27.2 Å². The van der Waals surface area contributed by atoms with Gasteiger partial charge in [-0.25, -0.2) is 0 Å².